The average Bonchev–Trinajstić information content (AvgIpc) is 3.11. The molecule has 0 spiro atoms. The molecule has 158 valence electrons. The van der Waals surface area contributed by atoms with E-state index in [1.807, 2.05) is 6.92 Å². The Kier molecular flexibility index (Phi) is 6.51. The van der Waals surface area contributed by atoms with Crippen molar-refractivity contribution in [2.45, 2.75) is 39.7 Å². The molecule has 0 bridgehead atoms. The zero-order chi connectivity index (χ0) is 21.7. The molecule has 3 rings (SSSR count). The maximum absolute atomic E-state index is 12.5. The number of aryl methyl sites for hydroxylation is 1. The zero-order valence-corrected chi connectivity index (χ0v) is 17.1. The highest BCUT2D eigenvalue weighted by atomic mass is 16.5. The van der Waals surface area contributed by atoms with Crippen molar-refractivity contribution >= 4 is 23.2 Å². The minimum atomic E-state index is -0.618. The number of methoxy groups -OCH3 is 1. The van der Waals surface area contributed by atoms with E-state index in [9.17, 15) is 14.4 Å². The number of esters is 1. The summed E-state index contributed by atoms with van der Waals surface area (Å²) in [7, 11) is 1.48. The van der Waals surface area contributed by atoms with Crippen molar-refractivity contribution in [1.82, 2.24) is 9.56 Å². The molecule has 9 nitrogen and oxygen atoms in total. The van der Waals surface area contributed by atoms with Crippen LogP contribution in [0.3, 0.4) is 0 Å². The summed E-state index contributed by atoms with van der Waals surface area (Å²) in [5.41, 5.74) is 0.863. The molecule has 30 heavy (non-hydrogen) atoms. The maximum atomic E-state index is 12.5. The summed E-state index contributed by atoms with van der Waals surface area (Å²) in [6.45, 7) is 3.52. The first-order chi connectivity index (χ1) is 14.4. The van der Waals surface area contributed by atoms with Gasteiger partial charge in [0.1, 0.15) is 18.1 Å². The lowest BCUT2D eigenvalue weighted by atomic mass is 10.1. The highest BCUT2D eigenvalue weighted by Gasteiger charge is 2.15. The van der Waals surface area contributed by atoms with Gasteiger partial charge >= 0.3 is 5.97 Å². The number of benzene rings is 1. The quantitative estimate of drug-likeness (QED) is 0.565. The number of hydrogen-bond donors (Lipinski definition) is 1. The van der Waals surface area contributed by atoms with Gasteiger partial charge in [-0.2, -0.15) is 0 Å². The number of aromatic nitrogens is 2. The minimum absolute atomic E-state index is 0.158. The number of ether oxygens (including phenoxy) is 2. The number of nitrogens with zero attached hydrogens (tertiary/aromatic N) is 2. The molecule has 3 aromatic rings. The fourth-order valence-corrected chi connectivity index (χ4v) is 2.85. The highest BCUT2D eigenvalue weighted by Crippen LogP contribution is 2.26. The predicted octanol–water partition coefficient (Wildman–Crippen LogP) is 3.09. The molecule has 2 aromatic heterocycles. The summed E-state index contributed by atoms with van der Waals surface area (Å²) in [6, 6.07) is 7.47. The number of anilines is 1. The van der Waals surface area contributed by atoms with Crippen molar-refractivity contribution in [1.29, 1.82) is 0 Å². The second-order valence-electron chi connectivity index (χ2n) is 6.73. The molecule has 1 aromatic carbocycles. The largest absolute Gasteiger partial charge is 0.495 e. The van der Waals surface area contributed by atoms with Gasteiger partial charge in [-0.3, -0.25) is 9.59 Å². The molecule has 0 aliphatic rings. The zero-order valence-electron chi connectivity index (χ0n) is 17.1. The molecule has 1 amide bonds. The number of carbonyl (C=O) groups is 2. The van der Waals surface area contributed by atoms with E-state index in [4.69, 9.17) is 14.0 Å². The lowest BCUT2D eigenvalue weighted by molar-refractivity contribution is -0.116. The van der Waals surface area contributed by atoms with Crippen LogP contribution in [0.4, 0.5) is 5.69 Å². The van der Waals surface area contributed by atoms with Crippen LogP contribution in [-0.2, 0) is 16.1 Å². The Morgan fingerprint density at radius 2 is 2.03 bits per heavy atom. The first-order valence-electron chi connectivity index (χ1n) is 9.56. The van der Waals surface area contributed by atoms with Gasteiger partial charge in [0.2, 0.25) is 5.91 Å². The molecule has 0 fully saturated rings. The van der Waals surface area contributed by atoms with E-state index in [0.717, 1.165) is 17.4 Å². The summed E-state index contributed by atoms with van der Waals surface area (Å²) in [6.07, 6.45) is 2.05. The number of nitrogens with one attached hydrogen (secondary N) is 1. The fourth-order valence-electron chi connectivity index (χ4n) is 2.85. The third-order valence-electron chi connectivity index (χ3n) is 4.34. The summed E-state index contributed by atoms with van der Waals surface area (Å²) in [4.78, 5) is 40.8. The van der Waals surface area contributed by atoms with Gasteiger partial charge in [0.25, 0.3) is 5.56 Å². The molecule has 9 heteroatoms. The Morgan fingerprint density at radius 3 is 2.77 bits per heavy atom. The van der Waals surface area contributed by atoms with Gasteiger partial charge in [-0.05, 0) is 31.5 Å². The van der Waals surface area contributed by atoms with Gasteiger partial charge in [0, 0.05) is 18.6 Å². The normalized spacial score (nSPS) is 10.8. The van der Waals surface area contributed by atoms with Gasteiger partial charge in [0.05, 0.1) is 24.1 Å². The Hall–Kier alpha value is -3.62. The lowest BCUT2D eigenvalue weighted by Crippen LogP contribution is -2.15. The van der Waals surface area contributed by atoms with Crippen LogP contribution in [0.15, 0.2) is 39.6 Å². The second kappa shape index (κ2) is 9.25. The van der Waals surface area contributed by atoms with Crippen molar-refractivity contribution in [2.75, 3.05) is 12.4 Å². The van der Waals surface area contributed by atoms with Crippen molar-refractivity contribution in [3.05, 3.63) is 57.7 Å². The van der Waals surface area contributed by atoms with Crippen LogP contribution in [-0.4, -0.2) is 28.5 Å². The van der Waals surface area contributed by atoms with E-state index in [-0.39, 0.29) is 18.1 Å². The molecule has 1 N–H and O–H groups in total. The van der Waals surface area contributed by atoms with Crippen LogP contribution in [0, 0.1) is 6.92 Å². The summed E-state index contributed by atoms with van der Waals surface area (Å²) >= 11 is 0. The number of unbranched alkanes of at least 4 members (excludes halogenated alkanes) is 1. The van der Waals surface area contributed by atoms with Crippen LogP contribution in [0.25, 0.3) is 5.65 Å². The molecule has 0 aliphatic carbocycles. The van der Waals surface area contributed by atoms with Crippen molar-refractivity contribution in [2.24, 2.45) is 0 Å². The van der Waals surface area contributed by atoms with E-state index in [2.05, 4.69) is 10.3 Å². The number of rotatable bonds is 8. The van der Waals surface area contributed by atoms with Gasteiger partial charge in [0.15, 0.2) is 5.65 Å². The molecule has 0 radical (unpaired) electrons. The van der Waals surface area contributed by atoms with Crippen LogP contribution in [0.1, 0.15) is 48.0 Å². The first kappa shape index (κ1) is 21.1. The third kappa shape index (κ3) is 4.86. The van der Waals surface area contributed by atoms with Crippen molar-refractivity contribution < 1.29 is 23.6 Å². The molecule has 0 atom stereocenters. The fraction of sp³-hybridized carbons (Fsp3) is 0.333. The van der Waals surface area contributed by atoms with Crippen molar-refractivity contribution in [3.8, 4) is 5.75 Å². The van der Waals surface area contributed by atoms with Crippen LogP contribution < -0.4 is 15.6 Å². The van der Waals surface area contributed by atoms with Gasteiger partial charge in [-0.15, -0.1) is 4.57 Å². The molecule has 0 aliphatic heterocycles. The smallest absolute Gasteiger partial charge is 0.338 e. The number of amides is 1. The standard InChI is InChI=1S/C21H23N3O6/c1-4-5-6-19(25)23-16-10-14(7-8-17(16)28-3)21(27)29-12-15-11-20(26)24-18(22-15)9-13(2)30-24/h7-11H,4-6,12H2,1-3H3,(H,23,25). The highest BCUT2D eigenvalue weighted by molar-refractivity contribution is 5.96. The topological polar surface area (TPSA) is 112 Å². The summed E-state index contributed by atoms with van der Waals surface area (Å²) in [5, 5.41) is 2.76. The maximum Gasteiger partial charge on any atom is 0.338 e. The van der Waals surface area contributed by atoms with E-state index >= 15 is 0 Å². The van der Waals surface area contributed by atoms with Gasteiger partial charge in [-0.1, -0.05) is 13.3 Å². The number of carbonyl (C=O) groups excluding carboxylic acids is 2. The lowest BCUT2D eigenvalue weighted by Gasteiger charge is -2.12. The summed E-state index contributed by atoms with van der Waals surface area (Å²) in [5.74, 6) is 0.202. The van der Waals surface area contributed by atoms with Crippen LogP contribution >= 0.6 is 0 Å². The minimum Gasteiger partial charge on any atom is -0.495 e. The van der Waals surface area contributed by atoms with Gasteiger partial charge < -0.3 is 19.3 Å². The monoisotopic (exact) mass is 413 g/mol. The third-order valence-corrected chi connectivity index (χ3v) is 4.34. The van der Waals surface area contributed by atoms with Crippen LogP contribution in [0.5, 0.6) is 5.75 Å². The Balaban J connectivity index is 1.72. The van der Waals surface area contributed by atoms with Gasteiger partial charge in [-0.25, -0.2) is 9.78 Å². The van der Waals surface area contributed by atoms with Crippen LogP contribution in [0.2, 0.25) is 0 Å². The number of fused-ring (bicyclic) bond motifs is 1. The molecule has 0 unspecified atom stereocenters. The van der Waals surface area contributed by atoms with E-state index in [0.29, 0.717) is 35.0 Å². The molecular formula is C21H23N3O6. The average molecular weight is 413 g/mol. The molecule has 0 saturated heterocycles. The predicted molar refractivity (Wildman–Crippen MR) is 109 cm³/mol. The number of hydrogen-bond acceptors (Lipinski definition) is 7. The van der Waals surface area contributed by atoms with E-state index in [1.165, 1.54) is 25.3 Å². The molecule has 2 heterocycles. The Labute approximate surface area is 172 Å². The van der Waals surface area contributed by atoms with Crippen molar-refractivity contribution in [3.63, 3.8) is 0 Å². The molecular weight excluding hydrogens is 390 g/mol. The second-order valence-corrected chi connectivity index (χ2v) is 6.73. The van der Waals surface area contributed by atoms with E-state index in [1.54, 1.807) is 19.1 Å². The Morgan fingerprint density at radius 1 is 1.23 bits per heavy atom. The SMILES string of the molecule is CCCCC(=O)Nc1cc(C(=O)OCc2cc(=O)n3oc(C)cc3n2)ccc1OC. The Bertz CT molecular complexity index is 1130. The first-order valence-corrected chi connectivity index (χ1v) is 9.56. The van der Waals surface area contributed by atoms with E-state index < -0.39 is 11.5 Å². The summed E-state index contributed by atoms with van der Waals surface area (Å²) < 4.78 is 16.8. The molecule has 0 saturated carbocycles.